The van der Waals surface area contributed by atoms with Crippen LogP contribution >= 0.6 is 15.9 Å². The van der Waals surface area contributed by atoms with Crippen molar-refractivity contribution in [2.75, 3.05) is 25.4 Å². The molecule has 5 nitrogen and oxygen atoms in total. The van der Waals surface area contributed by atoms with Gasteiger partial charge >= 0.3 is 0 Å². The predicted molar refractivity (Wildman–Crippen MR) is 76.2 cm³/mol. The van der Waals surface area contributed by atoms with Crippen molar-refractivity contribution < 1.29 is 9.59 Å². The Morgan fingerprint density at radius 1 is 1.21 bits per heavy atom. The summed E-state index contributed by atoms with van der Waals surface area (Å²) in [6, 6.07) is 5.50. The largest absolute Gasteiger partial charge is 0.398 e. The third kappa shape index (κ3) is 2.89. The van der Waals surface area contributed by atoms with Crippen LogP contribution in [0.25, 0.3) is 0 Å². The molecule has 102 valence electrons. The van der Waals surface area contributed by atoms with E-state index in [1.54, 1.807) is 15.9 Å². The number of amides is 2. The Bertz CT molecular complexity index is 498. The van der Waals surface area contributed by atoms with Gasteiger partial charge in [0.05, 0.1) is 6.54 Å². The van der Waals surface area contributed by atoms with E-state index in [1.807, 2.05) is 19.1 Å². The number of carbonyl (C=O) groups excluding carboxylic acids is 2. The zero-order chi connectivity index (χ0) is 14.0. The third-order valence-electron chi connectivity index (χ3n) is 3.24. The minimum absolute atomic E-state index is 0.0206. The summed E-state index contributed by atoms with van der Waals surface area (Å²) in [6.45, 7) is 3.06. The van der Waals surface area contributed by atoms with Crippen LogP contribution in [0.2, 0.25) is 0 Å². The fourth-order valence-corrected chi connectivity index (χ4v) is 2.58. The Labute approximate surface area is 120 Å². The maximum Gasteiger partial charge on any atom is 0.242 e. The molecule has 0 saturated carbocycles. The molecular formula is C13H16BrN3O2. The van der Waals surface area contributed by atoms with Crippen molar-refractivity contribution in [1.29, 1.82) is 0 Å². The van der Waals surface area contributed by atoms with E-state index in [2.05, 4.69) is 15.9 Å². The smallest absolute Gasteiger partial charge is 0.242 e. The lowest BCUT2D eigenvalue weighted by Crippen LogP contribution is -2.53. The monoisotopic (exact) mass is 325 g/mol. The number of nitrogen functional groups attached to an aromatic ring is 1. The van der Waals surface area contributed by atoms with Crippen LogP contribution in [0.3, 0.4) is 0 Å². The Balaban J connectivity index is 2.16. The Hall–Kier alpha value is -1.56. The Morgan fingerprint density at radius 3 is 2.47 bits per heavy atom. The summed E-state index contributed by atoms with van der Waals surface area (Å²) in [4.78, 5) is 26.9. The first-order valence-electron chi connectivity index (χ1n) is 6.11. The van der Waals surface area contributed by atoms with Crippen LogP contribution in [0.5, 0.6) is 0 Å². The molecule has 6 heteroatoms. The molecular weight excluding hydrogens is 310 g/mol. The number of benzene rings is 1. The number of piperazine rings is 1. The first-order valence-corrected chi connectivity index (χ1v) is 6.90. The van der Waals surface area contributed by atoms with Gasteiger partial charge in [-0.1, -0.05) is 22.0 Å². The third-order valence-corrected chi connectivity index (χ3v) is 3.99. The summed E-state index contributed by atoms with van der Waals surface area (Å²) >= 11 is 3.42. The molecule has 1 aliphatic rings. The van der Waals surface area contributed by atoms with Gasteiger partial charge in [0.15, 0.2) is 0 Å². The van der Waals surface area contributed by atoms with E-state index in [0.717, 1.165) is 10.0 Å². The molecule has 0 aliphatic carbocycles. The van der Waals surface area contributed by atoms with Gasteiger partial charge in [-0.2, -0.15) is 0 Å². The van der Waals surface area contributed by atoms with Gasteiger partial charge in [-0.3, -0.25) is 9.59 Å². The second-order valence-electron chi connectivity index (χ2n) is 4.47. The average molecular weight is 326 g/mol. The molecule has 0 unspecified atom stereocenters. The maximum atomic E-state index is 12.0. The van der Waals surface area contributed by atoms with E-state index in [4.69, 9.17) is 5.73 Å². The van der Waals surface area contributed by atoms with Crippen molar-refractivity contribution in [1.82, 2.24) is 9.80 Å². The quantitative estimate of drug-likeness (QED) is 0.850. The molecule has 0 atom stereocenters. The van der Waals surface area contributed by atoms with Crippen LogP contribution in [0.1, 0.15) is 12.5 Å². The van der Waals surface area contributed by atoms with E-state index in [9.17, 15) is 9.59 Å². The zero-order valence-electron chi connectivity index (χ0n) is 10.7. The van der Waals surface area contributed by atoms with E-state index >= 15 is 0 Å². The average Bonchev–Trinajstić information content (AvgIpc) is 2.37. The molecule has 1 aromatic rings. The van der Waals surface area contributed by atoms with Crippen molar-refractivity contribution >= 4 is 33.4 Å². The Morgan fingerprint density at radius 2 is 1.84 bits per heavy atom. The zero-order valence-corrected chi connectivity index (χ0v) is 12.3. The van der Waals surface area contributed by atoms with Gasteiger partial charge < -0.3 is 15.5 Å². The van der Waals surface area contributed by atoms with Crippen molar-refractivity contribution in [3.63, 3.8) is 0 Å². The molecule has 0 spiro atoms. The molecule has 2 rings (SSSR count). The molecule has 0 bridgehead atoms. The highest BCUT2D eigenvalue weighted by molar-refractivity contribution is 9.10. The maximum absolute atomic E-state index is 12.0. The molecule has 2 N–H and O–H groups in total. The first kappa shape index (κ1) is 13.9. The molecule has 0 aromatic heterocycles. The second kappa shape index (κ2) is 5.61. The SMILES string of the molecule is CCN1CC(=O)N(Cc2c(N)cccc2Br)CC1=O. The predicted octanol–water partition coefficient (Wildman–Crippen LogP) is 1.22. The fourth-order valence-electron chi connectivity index (χ4n) is 2.07. The number of anilines is 1. The summed E-state index contributed by atoms with van der Waals surface area (Å²) in [6.07, 6.45) is 0. The number of hydrogen-bond acceptors (Lipinski definition) is 3. The van der Waals surface area contributed by atoms with Gasteiger partial charge in [-0.15, -0.1) is 0 Å². The lowest BCUT2D eigenvalue weighted by Gasteiger charge is -2.33. The minimum Gasteiger partial charge on any atom is -0.398 e. The van der Waals surface area contributed by atoms with Crippen LogP contribution in [-0.4, -0.2) is 41.2 Å². The van der Waals surface area contributed by atoms with Crippen LogP contribution in [0.4, 0.5) is 5.69 Å². The topological polar surface area (TPSA) is 66.6 Å². The van der Waals surface area contributed by atoms with Crippen LogP contribution in [0.15, 0.2) is 22.7 Å². The number of hydrogen-bond donors (Lipinski definition) is 1. The number of likely N-dealkylation sites (N-methyl/N-ethyl adjacent to an activating group) is 1. The molecule has 1 fully saturated rings. The summed E-state index contributed by atoms with van der Waals surface area (Å²) in [5.74, 6) is -0.0654. The molecule has 1 saturated heterocycles. The molecule has 1 aromatic carbocycles. The van der Waals surface area contributed by atoms with Gasteiger partial charge in [0.25, 0.3) is 0 Å². The van der Waals surface area contributed by atoms with Gasteiger partial charge in [-0.25, -0.2) is 0 Å². The Kier molecular flexibility index (Phi) is 4.09. The lowest BCUT2D eigenvalue weighted by molar-refractivity contribution is -0.150. The lowest BCUT2D eigenvalue weighted by atomic mass is 10.1. The number of nitrogens with two attached hydrogens (primary N) is 1. The first-order chi connectivity index (χ1) is 9.02. The van der Waals surface area contributed by atoms with Crippen molar-refractivity contribution in [2.24, 2.45) is 0 Å². The molecule has 1 heterocycles. The normalized spacial score (nSPS) is 16.1. The minimum atomic E-state index is -0.0448. The molecule has 1 aliphatic heterocycles. The number of nitrogens with zero attached hydrogens (tertiary/aromatic N) is 2. The van der Waals surface area contributed by atoms with E-state index < -0.39 is 0 Å². The van der Waals surface area contributed by atoms with Gasteiger partial charge in [0.1, 0.15) is 6.54 Å². The highest BCUT2D eigenvalue weighted by atomic mass is 79.9. The standard InChI is InChI=1S/C13H16BrN3O2/c1-2-16-7-13(19)17(8-12(16)18)6-9-10(14)4-3-5-11(9)15/h3-5H,2,6-8,15H2,1H3. The van der Waals surface area contributed by atoms with E-state index in [1.165, 1.54) is 0 Å². The number of rotatable bonds is 3. The van der Waals surface area contributed by atoms with E-state index in [-0.39, 0.29) is 24.9 Å². The summed E-state index contributed by atoms with van der Waals surface area (Å²) in [7, 11) is 0. The van der Waals surface area contributed by atoms with Crippen LogP contribution < -0.4 is 5.73 Å². The van der Waals surface area contributed by atoms with Crippen molar-refractivity contribution in [3.05, 3.63) is 28.2 Å². The number of halogens is 1. The molecule has 0 radical (unpaired) electrons. The summed E-state index contributed by atoms with van der Waals surface area (Å²) < 4.78 is 0.852. The molecule has 19 heavy (non-hydrogen) atoms. The van der Waals surface area contributed by atoms with E-state index in [0.29, 0.717) is 18.8 Å². The van der Waals surface area contributed by atoms with Crippen molar-refractivity contribution in [2.45, 2.75) is 13.5 Å². The molecule has 2 amide bonds. The second-order valence-corrected chi connectivity index (χ2v) is 5.32. The van der Waals surface area contributed by atoms with Crippen LogP contribution in [-0.2, 0) is 16.1 Å². The summed E-state index contributed by atoms with van der Waals surface area (Å²) in [5, 5.41) is 0. The van der Waals surface area contributed by atoms with Gasteiger partial charge in [0, 0.05) is 28.8 Å². The highest BCUT2D eigenvalue weighted by Gasteiger charge is 2.29. The van der Waals surface area contributed by atoms with Gasteiger partial charge in [-0.05, 0) is 19.1 Å². The van der Waals surface area contributed by atoms with Crippen molar-refractivity contribution in [3.8, 4) is 0 Å². The summed E-state index contributed by atoms with van der Waals surface area (Å²) in [5.41, 5.74) is 7.37. The van der Waals surface area contributed by atoms with Gasteiger partial charge in [0.2, 0.25) is 11.8 Å². The van der Waals surface area contributed by atoms with Crippen LogP contribution in [0, 0.1) is 0 Å². The fraction of sp³-hybridized carbons (Fsp3) is 0.385. The number of carbonyl (C=O) groups is 2. The highest BCUT2D eigenvalue weighted by Crippen LogP contribution is 2.24.